The Balaban J connectivity index is 3.18. The Bertz CT molecular complexity index is 384. The summed E-state index contributed by atoms with van der Waals surface area (Å²) in [4.78, 5) is 0. The maximum absolute atomic E-state index is 5.79. The number of methoxy groups -OCH3 is 1. The Hall–Kier alpha value is -0.670. The van der Waals surface area contributed by atoms with Gasteiger partial charge in [0.15, 0.2) is 6.79 Å². The molecule has 21 heavy (non-hydrogen) atoms. The zero-order valence-corrected chi connectivity index (χ0v) is 14.9. The molecule has 0 spiro atoms. The standard InChI is InChI=1S/C16H29N2O2P/c1-6-17(7-2)21(18(8-3)9-4)16-13-11-10-12-15(16)20-14-19-5/h10-13H,6-9,14H2,1-5H3. The molecule has 0 saturated heterocycles. The molecule has 0 aliphatic rings. The second-order valence-electron chi connectivity index (χ2n) is 4.59. The Morgan fingerprint density at radius 1 is 0.905 bits per heavy atom. The summed E-state index contributed by atoms with van der Waals surface area (Å²) in [7, 11) is 1.12. The highest BCUT2D eigenvalue weighted by Crippen LogP contribution is 2.45. The SMILES string of the molecule is CCN(CC)P(c1ccccc1OCOC)N(CC)CC. The summed E-state index contributed by atoms with van der Waals surface area (Å²) >= 11 is 0. The first kappa shape index (κ1) is 18.4. The van der Waals surface area contributed by atoms with E-state index in [1.54, 1.807) is 7.11 Å². The number of nitrogens with zero attached hydrogens (tertiary/aromatic N) is 2. The van der Waals surface area contributed by atoms with Gasteiger partial charge in [0.05, 0.1) is 8.22 Å². The molecule has 0 saturated carbocycles. The summed E-state index contributed by atoms with van der Waals surface area (Å²) in [6.07, 6.45) is 0. The third-order valence-corrected chi connectivity index (χ3v) is 6.41. The van der Waals surface area contributed by atoms with Crippen molar-refractivity contribution < 1.29 is 9.47 Å². The van der Waals surface area contributed by atoms with E-state index >= 15 is 0 Å². The highest BCUT2D eigenvalue weighted by atomic mass is 31.1. The van der Waals surface area contributed by atoms with Crippen LogP contribution in [0.3, 0.4) is 0 Å². The number of benzene rings is 1. The molecule has 0 N–H and O–H groups in total. The van der Waals surface area contributed by atoms with Gasteiger partial charge in [-0.3, -0.25) is 9.34 Å². The fraction of sp³-hybridized carbons (Fsp3) is 0.625. The quantitative estimate of drug-likeness (QED) is 0.489. The summed E-state index contributed by atoms with van der Waals surface area (Å²) in [5.41, 5.74) is 0. The number of para-hydroxylation sites is 1. The van der Waals surface area contributed by atoms with Gasteiger partial charge >= 0.3 is 0 Å². The summed E-state index contributed by atoms with van der Waals surface area (Å²) < 4.78 is 15.9. The third-order valence-electron chi connectivity index (χ3n) is 3.41. The molecule has 0 bridgehead atoms. The molecule has 0 heterocycles. The zero-order chi connectivity index (χ0) is 15.7. The van der Waals surface area contributed by atoms with E-state index in [-0.39, 0.29) is 6.79 Å². The maximum atomic E-state index is 5.79. The molecule has 1 aromatic rings. The van der Waals surface area contributed by atoms with E-state index < -0.39 is 8.22 Å². The van der Waals surface area contributed by atoms with Crippen LogP contribution < -0.4 is 10.0 Å². The van der Waals surface area contributed by atoms with Crippen molar-refractivity contribution in [3.63, 3.8) is 0 Å². The van der Waals surface area contributed by atoms with Crippen LogP contribution in [0.4, 0.5) is 0 Å². The van der Waals surface area contributed by atoms with Gasteiger partial charge in [-0.1, -0.05) is 39.8 Å². The summed E-state index contributed by atoms with van der Waals surface area (Å²) in [6, 6.07) is 8.34. The van der Waals surface area contributed by atoms with Crippen molar-refractivity contribution in [2.45, 2.75) is 27.7 Å². The van der Waals surface area contributed by atoms with Crippen molar-refractivity contribution in [1.82, 2.24) is 9.34 Å². The van der Waals surface area contributed by atoms with Crippen LogP contribution in [0.25, 0.3) is 0 Å². The molecule has 5 heteroatoms. The van der Waals surface area contributed by atoms with Crippen molar-refractivity contribution >= 4 is 13.5 Å². The van der Waals surface area contributed by atoms with Crippen molar-refractivity contribution in [2.75, 3.05) is 40.1 Å². The Kier molecular flexibility index (Phi) is 8.86. The monoisotopic (exact) mass is 312 g/mol. The molecule has 1 rings (SSSR count). The van der Waals surface area contributed by atoms with Crippen LogP contribution in [0.2, 0.25) is 0 Å². The normalized spacial score (nSPS) is 11.6. The van der Waals surface area contributed by atoms with Gasteiger partial charge in [-0.2, -0.15) is 0 Å². The number of rotatable bonds is 10. The van der Waals surface area contributed by atoms with Gasteiger partial charge in [0.25, 0.3) is 0 Å². The van der Waals surface area contributed by atoms with E-state index in [9.17, 15) is 0 Å². The van der Waals surface area contributed by atoms with E-state index in [0.29, 0.717) is 0 Å². The van der Waals surface area contributed by atoms with Crippen LogP contribution in [0.1, 0.15) is 27.7 Å². The summed E-state index contributed by atoms with van der Waals surface area (Å²) in [5, 5.41) is 1.27. The number of ether oxygens (including phenoxy) is 2. The summed E-state index contributed by atoms with van der Waals surface area (Å²) in [6.45, 7) is 13.3. The molecule has 0 atom stereocenters. The van der Waals surface area contributed by atoms with Gasteiger partial charge in [-0.15, -0.1) is 0 Å². The van der Waals surface area contributed by atoms with Gasteiger partial charge in [-0.05, 0) is 12.1 Å². The Morgan fingerprint density at radius 2 is 1.43 bits per heavy atom. The average molecular weight is 312 g/mol. The first-order chi connectivity index (χ1) is 10.2. The molecular formula is C16H29N2O2P. The lowest BCUT2D eigenvalue weighted by Crippen LogP contribution is -2.34. The van der Waals surface area contributed by atoms with E-state index in [1.165, 1.54) is 5.30 Å². The highest BCUT2D eigenvalue weighted by Gasteiger charge is 2.26. The van der Waals surface area contributed by atoms with Crippen molar-refractivity contribution in [3.8, 4) is 5.75 Å². The molecule has 0 unspecified atom stereocenters. The Labute approximate surface area is 130 Å². The largest absolute Gasteiger partial charge is 0.467 e. The minimum Gasteiger partial charge on any atom is -0.467 e. The van der Waals surface area contributed by atoms with Crippen LogP contribution in [0.15, 0.2) is 24.3 Å². The Morgan fingerprint density at radius 3 is 1.90 bits per heavy atom. The van der Waals surface area contributed by atoms with Crippen LogP contribution in [0, 0.1) is 0 Å². The van der Waals surface area contributed by atoms with E-state index in [1.807, 2.05) is 12.1 Å². The number of hydrogen-bond donors (Lipinski definition) is 0. The van der Waals surface area contributed by atoms with Gasteiger partial charge in [0, 0.05) is 38.6 Å². The smallest absolute Gasteiger partial charge is 0.188 e. The molecule has 120 valence electrons. The lowest BCUT2D eigenvalue weighted by atomic mass is 10.3. The molecule has 0 radical (unpaired) electrons. The van der Waals surface area contributed by atoms with Gasteiger partial charge in [0.1, 0.15) is 5.75 Å². The zero-order valence-electron chi connectivity index (χ0n) is 14.0. The van der Waals surface area contributed by atoms with E-state index in [2.05, 4.69) is 49.2 Å². The van der Waals surface area contributed by atoms with Crippen molar-refractivity contribution in [1.29, 1.82) is 0 Å². The predicted octanol–water partition coefficient (Wildman–Crippen LogP) is 3.29. The third kappa shape index (κ3) is 4.93. The molecule has 0 fully saturated rings. The van der Waals surface area contributed by atoms with Crippen LogP contribution in [-0.4, -0.2) is 49.4 Å². The first-order valence-corrected chi connectivity index (χ1v) is 8.98. The first-order valence-electron chi connectivity index (χ1n) is 7.73. The van der Waals surface area contributed by atoms with Crippen LogP contribution in [0.5, 0.6) is 5.75 Å². The average Bonchev–Trinajstić information content (AvgIpc) is 2.54. The molecule has 0 amide bonds. The summed E-state index contributed by atoms with van der Waals surface area (Å²) in [5.74, 6) is 0.935. The minimum atomic E-state index is -0.534. The second kappa shape index (κ2) is 10.1. The van der Waals surface area contributed by atoms with Gasteiger partial charge < -0.3 is 9.47 Å². The van der Waals surface area contributed by atoms with Crippen LogP contribution in [-0.2, 0) is 4.74 Å². The minimum absolute atomic E-state index is 0.288. The predicted molar refractivity (Wildman–Crippen MR) is 91.3 cm³/mol. The van der Waals surface area contributed by atoms with Gasteiger partial charge in [0.2, 0.25) is 0 Å². The molecule has 0 aliphatic heterocycles. The lowest BCUT2D eigenvalue weighted by Gasteiger charge is -2.38. The lowest BCUT2D eigenvalue weighted by molar-refractivity contribution is 0.0518. The maximum Gasteiger partial charge on any atom is 0.188 e. The fourth-order valence-electron chi connectivity index (χ4n) is 2.33. The molecular weight excluding hydrogens is 283 g/mol. The van der Waals surface area contributed by atoms with E-state index in [4.69, 9.17) is 9.47 Å². The van der Waals surface area contributed by atoms with E-state index in [0.717, 1.165) is 31.9 Å². The molecule has 0 aromatic heterocycles. The van der Waals surface area contributed by atoms with Gasteiger partial charge in [-0.25, -0.2) is 0 Å². The molecule has 4 nitrogen and oxygen atoms in total. The van der Waals surface area contributed by atoms with Crippen LogP contribution >= 0.6 is 8.22 Å². The molecule has 0 aliphatic carbocycles. The second-order valence-corrected chi connectivity index (χ2v) is 6.78. The van der Waals surface area contributed by atoms with Crippen molar-refractivity contribution in [2.24, 2.45) is 0 Å². The fourth-order valence-corrected chi connectivity index (χ4v) is 4.93. The number of hydrogen-bond acceptors (Lipinski definition) is 4. The van der Waals surface area contributed by atoms with Crippen molar-refractivity contribution in [3.05, 3.63) is 24.3 Å². The topological polar surface area (TPSA) is 24.9 Å². The molecule has 1 aromatic carbocycles. The highest BCUT2D eigenvalue weighted by molar-refractivity contribution is 7.61.